The van der Waals surface area contributed by atoms with Crippen molar-refractivity contribution in [1.82, 2.24) is 5.32 Å². The summed E-state index contributed by atoms with van der Waals surface area (Å²) in [4.78, 5) is 37.2. The van der Waals surface area contributed by atoms with Crippen LogP contribution in [0.15, 0.2) is 48.5 Å². The normalized spacial score (nSPS) is 25.6. The number of carbonyl (C=O) groups is 3. The van der Waals surface area contributed by atoms with Crippen molar-refractivity contribution in [3.63, 3.8) is 0 Å². The van der Waals surface area contributed by atoms with E-state index in [4.69, 9.17) is 14.2 Å². The molecule has 4 aliphatic rings. The van der Waals surface area contributed by atoms with Gasteiger partial charge in [0.25, 0.3) is 11.8 Å². The summed E-state index contributed by atoms with van der Waals surface area (Å²) in [5, 5.41) is 5.95. The molecule has 0 radical (unpaired) electrons. The Morgan fingerprint density at radius 3 is 2.17 bits per heavy atom. The van der Waals surface area contributed by atoms with E-state index in [1.54, 1.807) is 55.6 Å². The third-order valence-electron chi connectivity index (χ3n) is 7.59. The zero-order valence-electron chi connectivity index (χ0n) is 20.5. The summed E-state index contributed by atoms with van der Waals surface area (Å²) in [6, 6.07) is 13.3. The van der Waals surface area contributed by atoms with Gasteiger partial charge < -0.3 is 24.8 Å². The molecule has 4 saturated carbocycles. The summed E-state index contributed by atoms with van der Waals surface area (Å²) in [6.45, 7) is -0.477. The number of carbonyl (C=O) groups excluding carboxylic acids is 3. The molecule has 4 bridgehead atoms. The number of esters is 1. The predicted octanol–water partition coefficient (Wildman–Crippen LogP) is 3.95. The SMILES string of the molecule is COc1cccc(NC(=O)COc2ccc(C(=O)OCC(=O)NC34CC5CC(CC(C5)C3)C4)cc2)c1. The van der Waals surface area contributed by atoms with E-state index >= 15 is 0 Å². The van der Waals surface area contributed by atoms with Crippen molar-refractivity contribution in [3.8, 4) is 11.5 Å². The van der Waals surface area contributed by atoms with Crippen molar-refractivity contribution < 1.29 is 28.6 Å². The maximum Gasteiger partial charge on any atom is 0.338 e. The molecule has 4 aliphatic carbocycles. The van der Waals surface area contributed by atoms with Crippen LogP contribution < -0.4 is 20.1 Å². The predicted molar refractivity (Wildman–Crippen MR) is 133 cm³/mol. The molecule has 6 rings (SSSR count). The zero-order chi connectivity index (χ0) is 25.1. The van der Waals surface area contributed by atoms with E-state index in [9.17, 15) is 14.4 Å². The molecule has 0 aliphatic heterocycles. The van der Waals surface area contributed by atoms with Gasteiger partial charge in [-0.3, -0.25) is 9.59 Å². The highest BCUT2D eigenvalue weighted by atomic mass is 16.5. The van der Waals surface area contributed by atoms with Crippen molar-refractivity contribution >= 4 is 23.5 Å². The van der Waals surface area contributed by atoms with E-state index in [2.05, 4.69) is 10.6 Å². The summed E-state index contributed by atoms with van der Waals surface area (Å²) in [5.41, 5.74) is 0.815. The highest BCUT2D eigenvalue weighted by molar-refractivity contribution is 5.92. The van der Waals surface area contributed by atoms with E-state index in [0.29, 0.717) is 22.7 Å². The van der Waals surface area contributed by atoms with Gasteiger partial charge in [-0.1, -0.05) is 6.07 Å². The second-order valence-electron chi connectivity index (χ2n) is 10.4. The molecule has 2 N–H and O–H groups in total. The van der Waals surface area contributed by atoms with E-state index < -0.39 is 5.97 Å². The quantitative estimate of drug-likeness (QED) is 0.514. The van der Waals surface area contributed by atoms with Crippen LogP contribution in [0.25, 0.3) is 0 Å². The van der Waals surface area contributed by atoms with Gasteiger partial charge in [-0.2, -0.15) is 0 Å². The third-order valence-corrected chi connectivity index (χ3v) is 7.59. The van der Waals surface area contributed by atoms with Gasteiger partial charge in [0.15, 0.2) is 13.2 Å². The van der Waals surface area contributed by atoms with E-state index in [0.717, 1.165) is 37.0 Å². The number of rotatable bonds is 9. The Morgan fingerprint density at radius 1 is 0.861 bits per heavy atom. The average molecular weight is 493 g/mol. The number of anilines is 1. The molecule has 0 heterocycles. The molecule has 0 unspecified atom stereocenters. The number of amides is 2. The molecule has 0 spiro atoms. The highest BCUT2D eigenvalue weighted by Crippen LogP contribution is 2.55. The molecule has 4 fully saturated rings. The van der Waals surface area contributed by atoms with Gasteiger partial charge in [-0.25, -0.2) is 4.79 Å². The third kappa shape index (κ3) is 5.64. The van der Waals surface area contributed by atoms with Gasteiger partial charge in [-0.05, 0) is 92.7 Å². The van der Waals surface area contributed by atoms with Crippen LogP contribution in [0.3, 0.4) is 0 Å². The number of hydrogen-bond acceptors (Lipinski definition) is 6. The van der Waals surface area contributed by atoms with Crippen LogP contribution in [-0.2, 0) is 14.3 Å². The lowest BCUT2D eigenvalue weighted by molar-refractivity contribution is -0.130. The van der Waals surface area contributed by atoms with E-state index in [1.807, 2.05) is 0 Å². The Kier molecular flexibility index (Phi) is 6.85. The summed E-state index contributed by atoms with van der Waals surface area (Å²) in [6.07, 6.45) is 7.07. The van der Waals surface area contributed by atoms with Gasteiger partial charge >= 0.3 is 5.97 Å². The molecule has 0 atom stereocenters. The summed E-state index contributed by atoms with van der Waals surface area (Å²) >= 11 is 0. The van der Waals surface area contributed by atoms with Gasteiger partial charge in [0, 0.05) is 17.3 Å². The minimum Gasteiger partial charge on any atom is -0.497 e. The Bertz CT molecular complexity index is 1090. The average Bonchev–Trinajstić information content (AvgIpc) is 2.85. The Labute approximate surface area is 210 Å². The van der Waals surface area contributed by atoms with Gasteiger partial charge in [0.2, 0.25) is 0 Å². The fourth-order valence-corrected chi connectivity index (χ4v) is 6.54. The van der Waals surface area contributed by atoms with Crippen molar-refractivity contribution in [2.75, 3.05) is 25.6 Å². The number of benzene rings is 2. The van der Waals surface area contributed by atoms with Gasteiger partial charge in [-0.15, -0.1) is 0 Å². The van der Waals surface area contributed by atoms with Crippen LogP contribution in [0.4, 0.5) is 5.69 Å². The molecule has 8 heteroatoms. The summed E-state index contributed by atoms with van der Waals surface area (Å²) < 4.78 is 15.9. The van der Waals surface area contributed by atoms with Crippen LogP contribution in [0.5, 0.6) is 11.5 Å². The van der Waals surface area contributed by atoms with Crippen LogP contribution in [0, 0.1) is 17.8 Å². The Morgan fingerprint density at radius 2 is 1.53 bits per heavy atom. The molecular weight excluding hydrogens is 460 g/mol. The van der Waals surface area contributed by atoms with E-state index in [-0.39, 0.29) is 30.6 Å². The standard InChI is InChI=1S/C28H32N2O6/c1-34-24-4-2-3-22(12-24)29-25(31)16-35-23-7-5-21(6-8-23)27(33)36-17-26(32)30-28-13-18-9-19(14-28)11-20(10-18)15-28/h2-8,12,18-20H,9-11,13-17H2,1H3,(H,29,31)(H,30,32). The van der Waals surface area contributed by atoms with Crippen LogP contribution in [0.2, 0.25) is 0 Å². The molecule has 190 valence electrons. The van der Waals surface area contributed by atoms with Crippen LogP contribution in [0.1, 0.15) is 48.9 Å². The van der Waals surface area contributed by atoms with Crippen LogP contribution in [-0.4, -0.2) is 43.6 Å². The van der Waals surface area contributed by atoms with Gasteiger partial charge in [0.05, 0.1) is 12.7 Å². The first kappa shape index (κ1) is 24.2. The number of methoxy groups -OCH3 is 1. The lowest BCUT2D eigenvalue weighted by Gasteiger charge is -2.56. The Hall–Kier alpha value is -3.55. The van der Waals surface area contributed by atoms with E-state index in [1.165, 1.54) is 19.3 Å². The number of nitrogens with one attached hydrogen (secondary N) is 2. The molecule has 2 aromatic carbocycles. The minimum atomic E-state index is -0.571. The molecule has 0 aromatic heterocycles. The fraction of sp³-hybridized carbons (Fsp3) is 0.464. The minimum absolute atomic E-state index is 0.101. The van der Waals surface area contributed by atoms with Crippen molar-refractivity contribution in [2.24, 2.45) is 17.8 Å². The molecule has 0 saturated heterocycles. The topological polar surface area (TPSA) is 103 Å². The second-order valence-corrected chi connectivity index (χ2v) is 10.4. The summed E-state index contributed by atoms with van der Waals surface area (Å²) in [5.74, 6) is 2.14. The zero-order valence-corrected chi connectivity index (χ0v) is 20.5. The maximum absolute atomic E-state index is 12.6. The fourth-order valence-electron chi connectivity index (χ4n) is 6.54. The van der Waals surface area contributed by atoms with Gasteiger partial charge in [0.1, 0.15) is 11.5 Å². The first-order chi connectivity index (χ1) is 17.4. The first-order valence-corrected chi connectivity index (χ1v) is 12.5. The van der Waals surface area contributed by atoms with Crippen LogP contribution >= 0.6 is 0 Å². The first-order valence-electron chi connectivity index (χ1n) is 12.5. The largest absolute Gasteiger partial charge is 0.497 e. The summed E-state index contributed by atoms with van der Waals surface area (Å²) in [7, 11) is 1.56. The lowest BCUT2D eigenvalue weighted by Crippen LogP contribution is -2.60. The molecule has 36 heavy (non-hydrogen) atoms. The maximum atomic E-state index is 12.6. The van der Waals surface area contributed by atoms with Crippen molar-refractivity contribution in [3.05, 3.63) is 54.1 Å². The smallest absolute Gasteiger partial charge is 0.338 e. The van der Waals surface area contributed by atoms with Crippen molar-refractivity contribution in [2.45, 2.75) is 44.1 Å². The number of hydrogen-bond donors (Lipinski definition) is 2. The highest BCUT2D eigenvalue weighted by Gasteiger charge is 2.51. The number of ether oxygens (including phenoxy) is 3. The van der Waals surface area contributed by atoms with Crippen molar-refractivity contribution in [1.29, 1.82) is 0 Å². The lowest BCUT2D eigenvalue weighted by atomic mass is 9.53. The molecule has 2 aromatic rings. The Balaban J connectivity index is 1.06. The second kappa shape index (κ2) is 10.2. The molecule has 2 amide bonds. The molecular formula is C28H32N2O6. The monoisotopic (exact) mass is 492 g/mol. The molecule has 8 nitrogen and oxygen atoms in total.